The molecule has 0 aliphatic rings. The first-order valence-electron chi connectivity index (χ1n) is 5.62. The third kappa shape index (κ3) is 3.05. The highest BCUT2D eigenvalue weighted by Gasteiger charge is 2.36. The summed E-state index contributed by atoms with van der Waals surface area (Å²) in [6, 6.07) is 4.99. The summed E-state index contributed by atoms with van der Waals surface area (Å²) in [6.07, 6.45) is 2.94. The van der Waals surface area contributed by atoms with E-state index >= 15 is 0 Å². The second kappa shape index (κ2) is 5.71. The van der Waals surface area contributed by atoms with Crippen LogP contribution in [0.2, 0.25) is 10.0 Å². The summed E-state index contributed by atoms with van der Waals surface area (Å²) < 4.78 is 1.54. The first kappa shape index (κ1) is 14.7. The number of rotatable bonds is 4. The van der Waals surface area contributed by atoms with E-state index in [1.54, 1.807) is 25.1 Å². The number of hydrogen-bond donors (Lipinski definition) is 2. The molecule has 102 valence electrons. The van der Waals surface area contributed by atoms with Crippen LogP contribution in [0.1, 0.15) is 12.5 Å². The van der Waals surface area contributed by atoms with Gasteiger partial charge in [-0.3, -0.25) is 0 Å². The molecule has 1 heterocycles. The van der Waals surface area contributed by atoms with Crippen molar-refractivity contribution in [2.24, 2.45) is 0 Å². The molecule has 0 aliphatic heterocycles. The highest BCUT2D eigenvalue weighted by molar-refractivity contribution is 7.81. The molecular weight excluding hydrogens is 305 g/mol. The first-order valence-corrected chi connectivity index (χ1v) is 6.89. The summed E-state index contributed by atoms with van der Waals surface area (Å²) in [7, 11) is 0. The number of aromatic nitrogens is 3. The van der Waals surface area contributed by atoms with Crippen molar-refractivity contribution in [1.82, 2.24) is 14.8 Å². The lowest BCUT2D eigenvalue weighted by molar-refractivity contribution is 0.0173. The van der Waals surface area contributed by atoms with Crippen molar-refractivity contribution in [2.45, 2.75) is 24.3 Å². The van der Waals surface area contributed by atoms with Crippen LogP contribution in [0.5, 0.6) is 0 Å². The van der Waals surface area contributed by atoms with E-state index in [0.717, 1.165) is 0 Å². The fourth-order valence-corrected chi connectivity index (χ4v) is 2.64. The molecule has 0 amide bonds. The summed E-state index contributed by atoms with van der Waals surface area (Å²) >= 11 is 16.4. The molecular formula is C12H13Cl2N3OS. The number of hydrogen-bond acceptors (Lipinski definition) is 4. The normalized spacial score (nSPS) is 16.1. The molecule has 7 heteroatoms. The summed E-state index contributed by atoms with van der Waals surface area (Å²) in [6.45, 7) is 2.00. The predicted octanol–water partition coefficient (Wildman–Crippen LogP) is 2.79. The van der Waals surface area contributed by atoms with E-state index in [9.17, 15) is 5.11 Å². The van der Waals surface area contributed by atoms with Crippen molar-refractivity contribution in [3.8, 4) is 0 Å². The number of benzene rings is 1. The summed E-state index contributed by atoms with van der Waals surface area (Å²) in [5.74, 6) is 0. The molecule has 0 radical (unpaired) electrons. The molecule has 4 nitrogen and oxygen atoms in total. The molecule has 0 fully saturated rings. The van der Waals surface area contributed by atoms with Crippen LogP contribution in [0.4, 0.5) is 0 Å². The number of aliphatic hydroxyl groups is 1. The highest BCUT2D eigenvalue weighted by atomic mass is 35.5. The van der Waals surface area contributed by atoms with Crippen LogP contribution in [0.15, 0.2) is 30.9 Å². The number of thiol groups is 1. The molecule has 2 atom stereocenters. The Bertz CT molecular complexity index is 562. The molecule has 2 aromatic rings. The predicted molar refractivity (Wildman–Crippen MR) is 78.8 cm³/mol. The quantitative estimate of drug-likeness (QED) is 0.852. The molecule has 1 aromatic carbocycles. The van der Waals surface area contributed by atoms with Gasteiger partial charge in [0.05, 0.1) is 6.54 Å². The van der Waals surface area contributed by atoms with Gasteiger partial charge in [0.2, 0.25) is 0 Å². The fourth-order valence-electron chi connectivity index (χ4n) is 1.84. The largest absolute Gasteiger partial charge is 0.382 e. The van der Waals surface area contributed by atoms with Gasteiger partial charge in [-0.25, -0.2) is 9.67 Å². The van der Waals surface area contributed by atoms with Crippen LogP contribution in [-0.2, 0) is 12.1 Å². The zero-order chi connectivity index (χ0) is 14.0. The Morgan fingerprint density at radius 1 is 1.47 bits per heavy atom. The van der Waals surface area contributed by atoms with E-state index in [0.29, 0.717) is 15.6 Å². The Kier molecular flexibility index (Phi) is 4.40. The highest BCUT2D eigenvalue weighted by Crippen LogP contribution is 2.36. The third-order valence-corrected chi connectivity index (χ3v) is 3.93. The second-order valence-corrected chi connectivity index (χ2v) is 5.94. The number of nitrogens with zero attached hydrogens (tertiary/aromatic N) is 3. The van der Waals surface area contributed by atoms with Crippen molar-refractivity contribution in [1.29, 1.82) is 0 Å². The van der Waals surface area contributed by atoms with E-state index in [4.69, 9.17) is 23.2 Å². The van der Waals surface area contributed by atoms with Gasteiger partial charge in [0.1, 0.15) is 18.3 Å². The smallest absolute Gasteiger partial charge is 0.137 e. The standard InChI is InChI=1S/C12H13Cl2N3OS/c1-8(19)12(18,5-17-7-15-6-16-17)10-3-2-9(13)4-11(10)14/h2-4,6-8,18-19H,5H2,1H3/t8-,12?/m1/s1. The molecule has 1 N–H and O–H groups in total. The van der Waals surface area contributed by atoms with Gasteiger partial charge in [-0.2, -0.15) is 17.7 Å². The van der Waals surface area contributed by atoms with Crippen molar-refractivity contribution >= 4 is 35.8 Å². The monoisotopic (exact) mass is 317 g/mol. The van der Waals surface area contributed by atoms with E-state index < -0.39 is 5.60 Å². The maximum atomic E-state index is 10.9. The Balaban J connectivity index is 2.43. The lowest BCUT2D eigenvalue weighted by atomic mass is 9.90. The van der Waals surface area contributed by atoms with Crippen molar-refractivity contribution in [3.05, 3.63) is 46.5 Å². The zero-order valence-corrected chi connectivity index (χ0v) is 12.6. The van der Waals surface area contributed by atoms with Crippen LogP contribution < -0.4 is 0 Å². The summed E-state index contributed by atoms with van der Waals surface area (Å²) in [4.78, 5) is 3.86. The van der Waals surface area contributed by atoms with E-state index in [-0.39, 0.29) is 11.8 Å². The minimum absolute atomic E-state index is 0.207. The van der Waals surface area contributed by atoms with Crippen molar-refractivity contribution < 1.29 is 5.11 Å². The lowest BCUT2D eigenvalue weighted by Crippen LogP contribution is -2.39. The fraction of sp³-hybridized carbons (Fsp3) is 0.333. The molecule has 0 saturated heterocycles. The Labute approximate surface area is 126 Å². The van der Waals surface area contributed by atoms with Gasteiger partial charge in [0, 0.05) is 20.9 Å². The van der Waals surface area contributed by atoms with Crippen molar-refractivity contribution in [3.63, 3.8) is 0 Å². The number of halogens is 2. The summed E-state index contributed by atoms with van der Waals surface area (Å²) in [5.41, 5.74) is -0.699. The maximum absolute atomic E-state index is 10.9. The van der Waals surface area contributed by atoms with Crippen LogP contribution in [0.3, 0.4) is 0 Å². The molecule has 0 bridgehead atoms. The van der Waals surface area contributed by atoms with Crippen LogP contribution in [0.25, 0.3) is 0 Å². The van der Waals surface area contributed by atoms with Gasteiger partial charge in [0.25, 0.3) is 0 Å². The molecule has 1 aromatic heterocycles. The van der Waals surface area contributed by atoms with E-state index in [1.807, 2.05) is 0 Å². The SMILES string of the molecule is C[C@@H](S)C(O)(Cn1cncn1)c1ccc(Cl)cc1Cl. The molecule has 0 aliphatic carbocycles. The minimum Gasteiger partial charge on any atom is -0.382 e. The third-order valence-electron chi connectivity index (χ3n) is 2.96. The average Bonchev–Trinajstić information content (AvgIpc) is 2.81. The van der Waals surface area contributed by atoms with E-state index in [2.05, 4.69) is 22.7 Å². The Morgan fingerprint density at radius 2 is 2.21 bits per heavy atom. The van der Waals surface area contributed by atoms with Crippen LogP contribution in [0, 0.1) is 0 Å². The maximum Gasteiger partial charge on any atom is 0.137 e. The average molecular weight is 318 g/mol. The van der Waals surface area contributed by atoms with Gasteiger partial charge in [-0.1, -0.05) is 36.2 Å². The van der Waals surface area contributed by atoms with Gasteiger partial charge in [-0.05, 0) is 12.1 Å². The zero-order valence-electron chi connectivity index (χ0n) is 10.2. The Morgan fingerprint density at radius 3 is 2.74 bits per heavy atom. The van der Waals surface area contributed by atoms with Gasteiger partial charge < -0.3 is 5.11 Å². The molecule has 2 rings (SSSR count). The lowest BCUT2D eigenvalue weighted by Gasteiger charge is -2.32. The van der Waals surface area contributed by atoms with Crippen molar-refractivity contribution in [2.75, 3.05) is 0 Å². The summed E-state index contributed by atoms with van der Waals surface area (Å²) in [5, 5.41) is 15.5. The van der Waals surface area contributed by atoms with Gasteiger partial charge >= 0.3 is 0 Å². The molecule has 1 unspecified atom stereocenters. The van der Waals surface area contributed by atoms with Crippen LogP contribution in [-0.4, -0.2) is 25.1 Å². The van der Waals surface area contributed by atoms with Gasteiger partial charge in [0.15, 0.2) is 0 Å². The second-order valence-electron chi connectivity index (χ2n) is 4.32. The van der Waals surface area contributed by atoms with Gasteiger partial charge in [-0.15, -0.1) is 0 Å². The Hall–Kier alpha value is -0.750. The first-order chi connectivity index (χ1) is 8.93. The molecule has 0 spiro atoms. The molecule has 0 saturated carbocycles. The van der Waals surface area contributed by atoms with Crippen LogP contribution >= 0.6 is 35.8 Å². The molecule has 19 heavy (non-hydrogen) atoms. The topological polar surface area (TPSA) is 50.9 Å². The van der Waals surface area contributed by atoms with E-state index in [1.165, 1.54) is 17.3 Å². The minimum atomic E-state index is -1.27.